The van der Waals surface area contributed by atoms with Crippen LogP contribution >= 0.6 is 0 Å². The van der Waals surface area contributed by atoms with E-state index >= 15 is 0 Å². The van der Waals surface area contributed by atoms with Gasteiger partial charge in [-0.2, -0.15) is 0 Å². The maximum atomic E-state index is 12.0. The molecule has 1 heterocycles. The monoisotopic (exact) mass is 218 g/mol. The zero-order valence-corrected chi connectivity index (χ0v) is 8.50. The minimum absolute atomic E-state index is 0.0741. The zero-order valence-electron chi connectivity index (χ0n) is 8.50. The van der Waals surface area contributed by atoms with Crippen LogP contribution in [0.3, 0.4) is 0 Å². The normalized spacial score (nSPS) is 10.7. The smallest absolute Gasteiger partial charge is 0.293 e. The van der Waals surface area contributed by atoms with Gasteiger partial charge in [-0.05, 0) is 0 Å². The molecule has 0 bridgehead atoms. The number of carbonyl (C=O) groups excluding carboxylic acids is 1. The van der Waals surface area contributed by atoms with E-state index in [1.54, 1.807) is 0 Å². The molecule has 7 heteroatoms. The molecule has 0 fully saturated rings. The maximum Gasteiger partial charge on any atom is 0.293 e. The third-order valence-corrected chi connectivity index (χ3v) is 1.82. The van der Waals surface area contributed by atoms with Crippen molar-refractivity contribution in [3.05, 3.63) is 11.6 Å². The van der Waals surface area contributed by atoms with E-state index in [9.17, 15) is 13.6 Å². The van der Waals surface area contributed by atoms with Crippen molar-refractivity contribution in [3.8, 4) is 0 Å². The molecule has 0 unspecified atom stereocenters. The largest absolute Gasteiger partial charge is 0.333 e. The molecule has 0 aliphatic heterocycles. The Morgan fingerprint density at radius 2 is 2.27 bits per heavy atom. The molecule has 0 atom stereocenters. The molecule has 0 saturated heterocycles. The van der Waals surface area contributed by atoms with Crippen LogP contribution in [0, 0.1) is 0 Å². The van der Waals surface area contributed by atoms with Crippen LogP contribution in [0.4, 0.5) is 8.78 Å². The molecule has 1 aromatic rings. The molecule has 1 aromatic heterocycles. The fourth-order valence-electron chi connectivity index (χ4n) is 1.01. The van der Waals surface area contributed by atoms with Crippen LogP contribution in [0.5, 0.6) is 0 Å². The molecular formula is C8H12F2N4O. The first-order valence-electron chi connectivity index (χ1n) is 4.49. The summed E-state index contributed by atoms with van der Waals surface area (Å²) in [5.41, 5.74) is 0. The molecule has 0 aliphatic carbocycles. The molecule has 0 aromatic carbocycles. The Labute approximate surface area is 85.5 Å². The van der Waals surface area contributed by atoms with Gasteiger partial charge in [0.05, 0.1) is 6.54 Å². The number of halogens is 2. The van der Waals surface area contributed by atoms with E-state index in [1.807, 2.05) is 6.92 Å². The van der Waals surface area contributed by atoms with Crippen LogP contribution in [0.1, 0.15) is 23.4 Å². The Hall–Kier alpha value is -1.53. The third-order valence-electron chi connectivity index (χ3n) is 1.82. The average molecular weight is 218 g/mol. The third kappa shape index (κ3) is 2.97. The minimum atomic E-state index is -2.55. The molecule has 1 N–H and O–H groups in total. The molecule has 0 spiro atoms. The SMILES string of the molecule is CCc1nc(C(=O)N(C)CC(F)F)n[nH]1. The predicted molar refractivity (Wildman–Crippen MR) is 48.7 cm³/mol. The first-order valence-corrected chi connectivity index (χ1v) is 4.49. The van der Waals surface area contributed by atoms with Gasteiger partial charge in [-0.3, -0.25) is 9.89 Å². The lowest BCUT2D eigenvalue weighted by Crippen LogP contribution is -2.32. The highest BCUT2D eigenvalue weighted by atomic mass is 19.3. The van der Waals surface area contributed by atoms with Crippen molar-refractivity contribution in [1.29, 1.82) is 0 Å². The van der Waals surface area contributed by atoms with E-state index in [-0.39, 0.29) is 5.82 Å². The minimum Gasteiger partial charge on any atom is -0.333 e. The van der Waals surface area contributed by atoms with Crippen molar-refractivity contribution in [3.63, 3.8) is 0 Å². The summed E-state index contributed by atoms with van der Waals surface area (Å²) in [6.45, 7) is 1.23. The van der Waals surface area contributed by atoms with Crippen molar-refractivity contribution in [2.24, 2.45) is 0 Å². The lowest BCUT2D eigenvalue weighted by Gasteiger charge is -2.13. The molecular weight excluding hydrogens is 206 g/mol. The Balaban J connectivity index is 2.67. The second kappa shape index (κ2) is 4.81. The second-order valence-electron chi connectivity index (χ2n) is 3.04. The van der Waals surface area contributed by atoms with E-state index < -0.39 is 18.9 Å². The van der Waals surface area contributed by atoms with Crippen LogP contribution in [-0.2, 0) is 6.42 Å². The van der Waals surface area contributed by atoms with Gasteiger partial charge in [0.25, 0.3) is 12.3 Å². The lowest BCUT2D eigenvalue weighted by atomic mass is 10.4. The van der Waals surface area contributed by atoms with E-state index in [0.29, 0.717) is 12.2 Å². The van der Waals surface area contributed by atoms with Gasteiger partial charge in [-0.1, -0.05) is 6.92 Å². The van der Waals surface area contributed by atoms with Crippen molar-refractivity contribution in [1.82, 2.24) is 20.1 Å². The summed E-state index contributed by atoms with van der Waals surface area (Å²) in [6.07, 6.45) is -1.94. The summed E-state index contributed by atoms with van der Waals surface area (Å²) >= 11 is 0. The second-order valence-corrected chi connectivity index (χ2v) is 3.04. The quantitative estimate of drug-likeness (QED) is 0.809. The fourth-order valence-corrected chi connectivity index (χ4v) is 1.01. The summed E-state index contributed by atoms with van der Waals surface area (Å²) in [5, 5.41) is 6.19. The summed E-state index contributed by atoms with van der Waals surface area (Å²) in [4.78, 5) is 16.2. The standard InChI is InChI=1S/C8H12F2N4O/c1-3-6-11-7(13-12-6)8(15)14(2)4-5(9)10/h5H,3-4H2,1-2H3,(H,11,12,13). The Morgan fingerprint density at radius 1 is 1.60 bits per heavy atom. The summed E-state index contributed by atoms with van der Waals surface area (Å²) in [5.74, 6) is -0.120. The molecule has 0 aliphatic rings. The van der Waals surface area contributed by atoms with Gasteiger partial charge in [0.2, 0.25) is 5.82 Å². The lowest BCUT2D eigenvalue weighted by molar-refractivity contribution is 0.0610. The van der Waals surface area contributed by atoms with Gasteiger partial charge in [0.15, 0.2) is 0 Å². The van der Waals surface area contributed by atoms with Crippen LogP contribution in [0.15, 0.2) is 0 Å². The highest BCUT2D eigenvalue weighted by Gasteiger charge is 2.19. The van der Waals surface area contributed by atoms with Gasteiger partial charge in [0, 0.05) is 13.5 Å². The first kappa shape index (κ1) is 11.5. The van der Waals surface area contributed by atoms with Crippen LogP contribution in [0.2, 0.25) is 0 Å². The fraction of sp³-hybridized carbons (Fsp3) is 0.625. The number of aromatic amines is 1. The molecule has 1 rings (SSSR count). The van der Waals surface area contributed by atoms with Gasteiger partial charge >= 0.3 is 0 Å². The summed E-state index contributed by atoms with van der Waals surface area (Å²) in [7, 11) is 1.29. The molecule has 0 saturated carbocycles. The zero-order chi connectivity index (χ0) is 11.4. The first-order chi connectivity index (χ1) is 7.04. The summed E-state index contributed by atoms with van der Waals surface area (Å²) in [6, 6.07) is 0. The molecule has 15 heavy (non-hydrogen) atoms. The molecule has 1 amide bonds. The molecule has 5 nitrogen and oxygen atoms in total. The number of carbonyl (C=O) groups is 1. The summed E-state index contributed by atoms with van der Waals surface area (Å²) < 4.78 is 24.0. The number of alkyl halides is 2. The van der Waals surface area contributed by atoms with Gasteiger partial charge < -0.3 is 4.90 Å². The van der Waals surface area contributed by atoms with Crippen molar-refractivity contribution < 1.29 is 13.6 Å². The van der Waals surface area contributed by atoms with Gasteiger partial charge in [0.1, 0.15) is 5.82 Å². The van der Waals surface area contributed by atoms with Crippen molar-refractivity contribution in [2.45, 2.75) is 19.8 Å². The van der Waals surface area contributed by atoms with Crippen molar-refractivity contribution in [2.75, 3.05) is 13.6 Å². The number of aromatic nitrogens is 3. The number of hydrogen-bond donors (Lipinski definition) is 1. The van der Waals surface area contributed by atoms with Crippen LogP contribution in [-0.4, -0.2) is 46.0 Å². The van der Waals surface area contributed by atoms with E-state index in [0.717, 1.165) is 4.90 Å². The number of H-pyrrole nitrogens is 1. The molecule has 84 valence electrons. The number of amides is 1. The van der Waals surface area contributed by atoms with Gasteiger partial charge in [-0.25, -0.2) is 13.8 Å². The number of nitrogens with one attached hydrogen (secondary N) is 1. The predicted octanol–water partition coefficient (Wildman–Crippen LogP) is 0.704. The van der Waals surface area contributed by atoms with Gasteiger partial charge in [-0.15, -0.1) is 5.10 Å². The Bertz CT molecular complexity index is 339. The highest BCUT2D eigenvalue weighted by Crippen LogP contribution is 2.01. The maximum absolute atomic E-state index is 12.0. The van der Waals surface area contributed by atoms with Crippen LogP contribution < -0.4 is 0 Å². The van der Waals surface area contributed by atoms with E-state index in [1.165, 1.54) is 7.05 Å². The number of rotatable bonds is 4. The number of aryl methyl sites for hydroxylation is 1. The molecule has 0 radical (unpaired) electrons. The topological polar surface area (TPSA) is 61.9 Å². The van der Waals surface area contributed by atoms with E-state index in [2.05, 4.69) is 15.2 Å². The number of hydrogen-bond acceptors (Lipinski definition) is 3. The van der Waals surface area contributed by atoms with Crippen LogP contribution in [0.25, 0.3) is 0 Å². The Kier molecular flexibility index (Phi) is 3.70. The van der Waals surface area contributed by atoms with Crippen molar-refractivity contribution >= 4 is 5.91 Å². The average Bonchev–Trinajstić information content (AvgIpc) is 2.63. The highest BCUT2D eigenvalue weighted by molar-refractivity contribution is 5.90. The Morgan fingerprint density at radius 3 is 2.73 bits per heavy atom. The number of nitrogens with zero attached hydrogens (tertiary/aromatic N) is 3. The van der Waals surface area contributed by atoms with E-state index in [4.69, 9.17) is 0 Å².